The maximum Gasteiger partial charge on any atom is 0.322 e. The van der Waals surface area contributed by atoms with E-state index >= 15 is 0 Å². The summed E-state index contributed by atoms with van der Waals surface area (Å²) in [7, 11) is -3.91. The number of halogens is 1. The lowest BCUT2D eigenvalue weighted by Crippen LogP contribution is -2.43. The van der Waals surface area contributed by atoms with Crippen molar-refractivity contribution in [3.8, 4) is 0 Å². The van der Waals surface area contributed by atoms with E-state index in [4.69, 9.17) is 0 Å². The molecule has 2 aliphatic rings. The van der Waals surface area contributed by atoms with E-state index in [0.29, 0.717) is 0 Å². The molecule has 0 radical (unpaired) electrons. The smallest absolute Gasteiger partial charge is 0.322 e. The summed E-state index contributed by atoms with van der Waals surface area (Å²) in [5, 5.41) is 9.42. The summed E-state index contributed by atoms with van der Waals surface area (Å²) >= 11 is 0. The third-order valence-corrected chi connectivity index (χ3v) is 6.38. The van der Waals surface area contributed by atoms with Crippen molar-refractivity contribution in [3.63, 3.8) is 0 Å². The van der Waals surface area contributed by atoms with Crippen LogP contribution >= 0.6 is 0 Å². The number of carboxylic acids is 1. The van der Waals surface area contributed by atoms with Gasteiger partial charge in [-0.3, -0.25) is 4.79 Å². The molecule has 1 aromatic rings. The molecule has 1 saturated carbocycles. The molecule has 0 bridgehead atoms. The molecule has 0 spiro atoms. The summed E-state index contributed by atoms with van der Waals surface area (Å²) in [4.78, 5) is 11.5. The molecular weight excluding hydrogens is 297 g/mol. The molecule has 1 heterocycles. The highest BCUT2D eigenvalue weighted by atomic mass is 32.2. The van der Waals surface area contributed by atoms with E-state index < -0.39 is 27.9 Å². The van der Waals surface area contributed by atoms with Crippen LogP contribution in [0.5, 0.6) is 0 Å². The Labute approximate surface area is 122 Å². The van der Waals surface area contributed by atoms with Gasteiger partial charge in [0.25, 0.3) is 0 Å². The molecule has 1 aliphatic carbocycles. The van der Waals surface area contributed by atoms with Crippen molar-refractivity contribution in [1.29, 1.82) is 0 Å². The predicted molar refractivity (Wildman–Crippen MR) is 72.5 cm³/mol. The molecule has 3 atom stereocenters. The van der Waals surface area contributed by atoms with Gasteiger partial charge >= 0.3 is 5.97 Å². The minimum absolute atomic E-state index is 0.0601. The van der Waals surface area contributed by atoms with Crippen LogP contribution in [0, 0.1) is 17.7 Å². The van der Waals surface area contributed by atoms with Crippen LogP contribution in [0.2, 0.25) is 0 Å². The number of rotatable bonds is 3. The van der Waals surface area contributed by atoms with Crippen molar-refractivity contribution in [2.24, 2.45) is 11.8 Å². The zero-order chi connectivity index (χ0) is 15.2. The van der Waals surface area contributed by atoms with Crippen molar-refractivity contribution < 1.29 is 22.7 Å². The number of fused-ring (bicyclic) bond motifs is 1. The lowest BCUT2D eigenvalue weighted by atomic mass is 9.94. The standard InChI is InChI=1S/C14H16FNO4S/c15-10-4-6-11(7-5-10)21(19,20)16-8-9-2-1-3-12(9)13(16)14(17)18/h4-7,9,12-13H,1-3,8H2,(H,17,18). The topological polar surface area (TPSA) is 74.7 Å². The molecule has 7 heteroatoms. The first-order chi connectivity index (χ1) is 9.91. The van der Waals surface area contributed by atoms with Crippen molar-refractivity contribution in [2.45, 2.75) is 30.2 Å². The molecule has 3 unspecified atom stereocenters. The van der Waals surface area contributed by atoms with Crippen LogP contribution < -0.4 is 0 Å². The van der Waals surface area contributed by atoms with Crippen LogP contribution in [0.4, 0.5) is 4.39 Å². The van der Waals surface area contributed by atoms with Crippen molar-refractivity contribution in [2.75, 3.05) is 6.54 Å². The van der Waals surface area contributed by atoms with Gasteiger partial charge in [0.05, 0.1) is 4.90 Å². The lowest BCUT2D eigenvalue weighted by molar-refractivity contribution is -0.142. The van der Waals surface area contributed by atoms with Crippen LogP contribution in [0.3, 0.4) is 0 Å². The zero-order valence-electron chi connectivity index (χ0n) is 11.3. The molecule has 0 aromatic heterocycles. The van der Waals surface area contributed by atoms with Gasteiger partial charge in [-0.15, -0.1) is 0 Å². The average Bonchev–Trinajstić information content (AvgIpc) is 2.98. The highest BCUT2D eigenvalue weighted by molar-refractivity contribution is 7.89. The lowest BCUT2D eigenvalue weighted by Gasteiger charge is -2.23. The molecular formula is C14H16FNO4S. The first-order valence-electron chi connectivity index (χ1n) is 6.91. The van der Waals surface area contributed by atoms with E-state index in [9.17, 15) is 22.7 Å². The van der Waals surface area contributed by atoms with Gasteiger partial charge in [-0.2, -0.15) is 4.31 Å². The van der Waals surface area contributed by atoms with Gasteiger partial charge in [0.1, 0.15) is 11.9 Å². The van der Waals surface area contributed by atoms with Crippen LogP contribution in [0.15, 0.2) is 29.2 Å². The summed E-state index contributed by atoms with van der Waals surface area (Å²) in [5.41, 5.74) is 0. The summed E-state index contributed by atoms with van der Waals surface area (Å²) in [6.07, 6.45) is 2.56. The molecule has 1 N–H and O–H groups in total. The molecule has 0 amide bonds. The first kappa shape index (κ1) is 14.5. The second-order valence-corrected chi connectivity index (χ2v) is 7.56. The van der Waals surface area contributed by atoms with Gasteiger partial charge in [0.2, 0.25) is 10.0 Å². The third kappa shape index (κ3) is 2.34. The van der Waals surface area contributed by atoms with E-state index in [-0.39, 0.29) is 23.3 Å². The second kappa shape index (κ2) is 5.06. The molecule has 1 aromatic carbocycles. The Hall–Kier alpha value is -1.47. The molecule has 3 rings (SSSR count). The van der Waals surface area contributed by atoms with Crippen molar-refractivity contribution >= 4 is 16.0 Å². The minimum atomic E-state index is -3.91. The van der Waals surface area contributed by atoms with E-state index in [0.717, 1.165) is 35.7 Å². The van der Waals surface area contributed by atoms with Crippen molar-refractivity contribution in [3.05, 3.63) is 30.1 Å². The number of hydrogen-bond acceptors (Lipinski definition) is 3. The fourth-order valence-corrected chi connectivity index (χ4v) is 5.25. The minimum Gasteiger partial charge on any atom is -0.480 e. The monoisotopic (exact) mass is 313 g/mol. The molecule has 1 saturated heterocycles. The predicted octanol–water partition coefficient (Wildman–Crippen LogP) is 1.70. The normalized spacial score (nSPS) is 29.5. The molecule has 2 fully saturated rings. The number of sulfonamides is 1. The Morgan fingerprint density at radius 1 is 1.24 bits per heavy atom. The van der Waals surface area contributed by atoms with Crippen LogP contribution in [0.25, 0.3) is 0 Å². The quantitative estimate of drug-likeness (QED) is 0.921. The highest BCUT2D eigenvalue weighted by Crippen LogP contribution is 2.44. The van der Waals surface area contributed by atoms with Gasteiger partial charge in [-0.05, 0) is 48.9 Å². The van der Waals surface area contributed by atoms with Gasteiger partial charge in [0.15, 0.2) is 0 Å². The van der Waals surface area contributed by atoms with Gasteiger partial charge in [-0.1, -0.05) is 6.42 Å². The van der Waals surface area contributed by atoms with Gasteiger partial charge < -0.3 is 5.11 Å². The number of benzene rings is 1. The maximum absolute atomic E-state index is 12.9. The number of nitrogens with zero attached hydrogens (tertiary/aromatic N) is 1. The first-order valence-corrected chi connectivity index (χ1v) is 8.35. The fourth-order valence-electron chi connectivity index (χ4n) is 3.56. The van der Waals surface area contributed by atoms with Gasteiger partial charge in [-0.25, -0.2) is 12.8 Å². The van der Waals surface area contributed by atoms with Crippen molar-refractivity contribution in [1.82, 2.24) is 4.31 Å². The summed E-state index contributed by atoms with van der Waals surface area (Å²) in [5.74, 6) is -1.63. The number of carbonyl (C=O) groups is 1. The van der Waals surface area contributed by atoms with E-state index in [1.807, 2.05) is 0 Å². The molecule has 1 aliphatic heterocycles. The fraction of sp³-hybridized carbons (Fsp3) is 0.500. The average molecular weight is 313 g/mol. The Morgan fingerprint density at radius 3 is 2.52 bits per heavy atom. The Bertz CT molecular complexity index is 658. The van der Waals surface area contributed by atoms with E-state index in [1.165, 1.54) is 12.1 Å². The Morgan fingerprint density at radius 2 is 1.90 bits per heavy atom. The largest absolute Gasteiger partial charge is 0.480 e. The number of hydrogen-bond donors (Lipinski definition) is 1. The number of carboxylic acid groups (broad SMARTS) is 1. The second-order valence-electron chi connectivity index (χ2n) is 5.67. The van der Waals surface area contributed by atoms with Crippen LogP contribution in [0.1, 0.15) is 19.3 Å². The molecule has 114 valence electrons. The van der Waals surface area contributed by atoms with Crippen LogP contribution in [-0.2, 0) is 14.8 Å². The SMILES string of the molecule is O=C(O)C1C2CCCC2CN1S(=O)(=O)c1ccc(F)cc1. The zero-order valence-corrected chi connectivity index (χ0v) is 12.1. The summed E-state index contributed by atoms with van der Waals surface area (Å²) in [6.45, 7) is 0.237. The molecule has 21 heavy (non-hydrogen) atoms. The van der Waals surface area contributed by atoms with Crippen LogP contribution in [-0.4, -0.2) is 36.4 Å². The summed E-state index contributed by atoms with van der Waals surface area (Å²) in [6, 6.07) is 3.49. The van der Waals surface area contributed by atoms with E-state index in [1.54, 1.807) is 0 Å². The molecule has 5 nitrogen and oxygen atoms in total. The number of aliphatic carboxylic acids is 1. The summed E-state index contributed by atoms with van der Waals surface area (Å²) < 4.78 is 39.3. The maximum atomic E-state index is 12.9. The Kier molecular flexibility index (Phi) is 3.49. The third-order valence-electron chi connectivity index (χ3n) is 4.52. The highest BCUT2D eigenvalue weighted by Gasteiger charge is 2.52. The van der Waals surface area contributed by atoms with Gasteiger partial charge in [0, 0.05) is 6.54 Å². The van der Waals surface area contributed by atoms with E-state index in [2.05, 4.69) is 0 Å². The Balaban J connectivity index is 1.98.